The fraction of sp³-hybridized carbons (Fsp3) is 0.500. The summed E-state index contributed by atoms with van der Waals surface area (Å²) in [5.74, 6) is 0.919. The van der Waals surface area contributed by atoms with Crippen LogP contribution < -0.4 is 4.90 Å². The maximum absolute atomic E-state index is 11.9. The Kier molecular flexibility index (Phi) is 5.08. The van der Waals surface area contributed by atoms with E-state index in [0.717, 1.165) is 47.1 Å². The van der Waals surface area contributed by atoms with Gasteiger partial charge >= 0.3 is 0 Å². The van der Waals surface area contributed by atoms with Crippen LogP contribution in [0.5, 0.6) is 0 Å². The first-order chi connectivity index (χ1) is 11.4. The number of hydrogen-bond acceptors (Lipinski definition) is 5. The lowest BCUT2D eigenvalue weighted by Crippen LogP contribution is -2.47. The van der Waals surface area contributed by atoms with Crippen molar-refractivity contribution in [1.29, 1.82) is 0 Å². The molecule has 1 fully saturated rings. The maximum Gasteiger partial charge on any atom is 0.211 e. The van der Waals surface area contributed by atoms with Crippen LogP contribution in [0.1, 0.15) is 19.8 Å². The molecule has 0 amide bonds. The van der Waals surface area contributed by atoms with E-state index >= 15 is 0 Å². The van der Waals surface area contributed by atoms with E-state index in [1.165, 1.54) is 6.26 Å². The summed E-state index contributed by atoms with van der Waals surface area (Å²) in [7, 11) is -3.15. The first-order valence-corrected chi connectivity index (χ1v) is 10.7. The van der Waals surface area contributed by atoms with Crippen LogP contribution in [-0.2, 0) is 10.0 Å². The number of halogens is 1. The lowest BCUT2D eigenvalue weighted by atomic mass is 10.0. The van der Waals surface area contributed by atoms with Crippen LogP contribution in [0.15, 0.2) is 29.0 Å². The highest BCUT2D eigenvalue weighted by Crippen LogP contribution is 2.29. The summed E-state index contributed by atoms with van der Waals surface area (Å²) in [4.78, 5) is 11.0. The van der Waals surface area contributed by atoms with Gasteiger partial charge in [-0.2, -0.15) is 4.31 Å². The molecule has 0 atom stereocenters. The highest BCUT2D eigenvalue weighted by molar-refractivity contribution is 9.10. The molecule has 6 nitrogen and oxygen atoms in total. The van der Waals surface area contributed by atoms with Gasteiger partial charge in [0.15, 0.2) is 0 Å². The van der Waals surface area contributed by atoms with Gasteiger partial charge in [0.05, 0.1) is 11.8 Å². The Morgan fingerprint density at radius 2 is 2.00 bits per heavy atom. The van der Waals surface area contributed by atoms with Gasteiger partial charge in [-0.05, 0) is 31.0 Å². The SMILES string of the molecule is CCN(C1CCN(c2ncnc3ccc(Br)cc23)CC1)S(C)(=O)=O. The number of benzene rings is 1. The van der Waals surface area contributed by atoms with Gasteiger partial charge in [0.1, 0.15) is 12.1 Å². The van der Waals surface area contributed by atoms with Crippen LogP contribution in [-0.4, -0.2) is 54.6 Å². The highest BCUT2D eigenvalue weighted by Gasteiger charge is 2.29. The van der Waals surface area contributed by atoms with Gasteiger partial charge in [-0.3, -0.25) is 0 Å². The third-order valence-electron chi connectivity index (χ3n) is 4.49. The smallest absolute Gasteiger partial charge is 0.211 e. The second-order valence-corrected chi connectivity index (χ2v) is 8.89. The summed E-state index contributed by atoms with van der Waals surface area (Å²) in [6.07, 6.45) is 4.49. The Labute approximate surface area is 151 Å². The van der Waals surface area contributed by atoms with E-state index in [-0.39, 0.29) is 6.04 Å². The molecule has 0 bridgehead atoms. The largest absolute Gasteiger partial charge is 0.356 e. The molecule has 1 aromatic heterocycles. The molecule has 1 aliphatic heterocycles. The highest BCUT2D eigenvalue weighted by atomic mass is 79.9. The van der Waals surface area contributed by atoms with Crippen LogP contribution in [0.25, 0.3) is 10.9 Å². The van der Waals surface area contributed by atoms with E-state index in [2.05, 4.69) is 30.8 Å². The quantitative estimate of drug-likeness (QED) is 0.771. The van der Waals surface area contributed by atoms with Crippen molar-refractivity contribution in [3.8, 4) is 0 Å². The zero-order chi connectivity index (χ0) is 17.3. The summed E-state index contributed by atoms with van der Waals surface area (Å²) in [5, 5.41) is 1.01. The second kappa shape index (κ2) is 6.93. The monoisotopic (exact) mass is 412 g/mol. The van der Waals surface area contributed by atoms with Gasteiger partial charge in [0.2, 0.25) is 10.0 Å². The van der Waals surface area contributed by atoms with Gasteiger partial charge in [0, 0.05) is 35.5 Å². The number of aromatic nitrogens is 2. The van der Waals surface area contributed by atoms with Gasteiger partial charge in [-0.25, -0.2) is 18.4 Å². The minimum atomic E-state index is -3.15. The average Bonchev–Trinajstić information content (AvgIpc) is 2.54. The van der Waals surface area contributed by atoms with Crippen LogP contribution >= 0.6 is 15.9 Å². The topological polar surface area (TPSA) is 66.4 Å². The van der Waals surface area contributed by atoms with Crippen molar-refractivity contribution in [2.75, 3.05) is 30.8 Å². The molecule has 0 unspecified atom stereocenters. The number of anilines is 1. The Bertz CT molecular complexity index is 835. The van der Waals surface area contributed by atoms with Gasteiger partial charge in [-0.15, -0.1) is 0 Å². The van der Waals surface area contributed by atoms with Crippen LogP contribution in [0.2, 0.25) is 0 Å². The van der Waals surface area contributed by atoms with Crippen LogP contribution in [0.4, 0.5) is 5.82 Å². The number of nitrogens with zero attached hydrogens (tertiary/aromatic N) is 4. The molecule has 1 aliphatic rings. The minimum absolute atomic E-state index is 0.0705. The third kappa shape index (κ3) is 3.55. The van der Waals surface area contributed by atoms with Gasteiger partial charge in [0.25, 0.3) is 0 Å². The Morgan fingerprint density at radius 3 is 2.62 bits per heavy atom. The van der Waals surface area contributed by atoms with E-state index in [0.29, 0.717) is 6.54 Å². The molecular weight excluding hydrogens is 392 g/mol. The molecule has 1 saturated heterocycles. The normalized spacial score (nSPS) is 16.9. The molecule has 2 aromatic rings. The van der Waals surface area contributed by atoms with Crippen molar-refractivity contribution in [2.24, 2.45) is 0 Å². The standard InChI is InChI=1S/C16H21BrN4O2S/c1-3-21(24(2,22)23)13-6-8-20(9-7-13)16-14-10-12(17)4-5-15(14)18-11-19-16/h4-5,10-11,13H,3,6-9H2,1-2H3. The van der Waals surface area contributed by atoms with Gasteiger partial charge < -0.3 is 4.90 Å². The summed E-state index contributed by atoms with van der Waals surface area (Å²) >= 11 is 3.50. The van der Waals surface area contributed by atoms with Crippen molar-refractivity contribution in [3.05, 3.63) is 29.0 Å². The summed E-state index contributed by atoms with van der Waals surface area (Å²) < 4.78 is 26.4. The number of hydrogen-bond donors (Lipinski definition) is 0. The molecule has 0 spiro atoms. The first kappa shape index (κ1) is 17.6. The maximum atomic E-state index is 11.9. The Balaban J connectivity index is 1.82. The van der Waals surface area contributed by atoms with Crippen molar-refractivity contribution in [2.45, 2.75) is 25.8 Å². The fourth-order valence-electron chi connectivity index (χ4n) is 3.40. The fourth-order valence-corrected chi connectivity index (χ4v) is 4.98. The number of fused-ring (bicyclic) bond motifs is 1. The van der Waals surface area contributed by atoms with Crippen molar-refractivity contribution in [1.82, 2.24) is 14.3 Å². The summed E-state index contributed by atoms with van der Waals surface area (Å²) in [5.41, 5.74) is 0.914. The Hall–Kier alpha value is -1.25. The lowest BCUT2D eigenvalue weighted by molar-refractivity contribution is 0.285. The van der Waals surface area contributed by atoms with Crippen molar-refractivity contribution in [3.63, 3.8) is 0 Å². The molecule has 3 rings (SSSR count). The molecule has 0 saturated carbocycles. The van der Waals surface area contributed by atoms with E-state index < -0.39 is 10.0 Å². The van der Waals surface area contributed by atoms with Crippen molar-refractivity contribution < 1.29 is 8.42 Å². The van der Waals surface area contributed by atoms with Gasteiger partial charge in [-0.1, -0.05) is 22.9 Å². The van der Waals surface area contributed by atoms with E-state index in [4.69, 9.17) is 0 Å². The molecular formula is C16H21BrN4O2S. The third-order valence-corrected chi connectivity index (χ3v) is 6.39. The minimum Gasteiger partial charge on any atom is -0.356 e. The summed E-state index contributed by atoms with van der Waals surface area (Å²) in [6.45, 7) is 3.99. The van der Waals surface area contributed by atoms with E-state index in [1.807, 2.05) is 25.1 Å². The molecule has 8 heteroatoms. The second-order valence-electron chi connectivity index (χ2n) is 6.04. The number of piperidine rings is 1. The molecule has 24 heavy (non-hydrogen) atoms. The predicted molar refractivity (Wildman–Crippen MR) is 99.7 cm³/mol. The summed E-state index contributed by atoms with van der Waals surface area (Å²) in [6, 6.07) is 6.04. The van der Waals surface area contributed by atoms with E-state index in [9.17, 15) is 8.42 Å². The lowest BCUT2D eigenvalue weighted by Gasteiger charge is -2.37. The zero-order valence-electron chi connectivity index (χ0n) is 13.8. The van der Waals surface area contributed by atoms with Crippen LogP contribution in [0, 0.1) is 0 Å². The van der Waals surface area contributed by atoms with E-state index in [1.54, 1.807) is 10.6 Å². The average molecular weight is 413 g/mol. The molecule has 0 N–H and O–H groups in total. The molecule has 0 aliphatic carbocycles. The zero-order valence-corrected chi connectivity index (χ0v) is 16.2. The molecule has 130 valence electrons. The predicted octanol–water partition coefficient (Wildman–Crippen LogP) is 2.64. The number of rotatable bonds is 4. The Morgan fingerprint density at radius 1 is 1.29 bits per heavy atom. The first-order valence-electron chi connectivity index (χ1n) is 8.02. The number of sulfonamides is 1. The van der Waals surface area contributed by atoms with Crippen LogP contribution in [0.3, 0.4) is 0 Å². The molecule has 1 aromatic carbocycles. The molecule has 0 radical (unpaired) electrons. The van der Waals surface area contributed by atoms with Crippen molar-refractivity contribution >= 4 is 42.7 Å². The molecule has 2 heterocycles.